The molecule has 1 saturated carbocycles. The molecule has 0 bridgehead atoms. The molecule has 1 aliphatic rings. The molecule has 1 aromatic heterocycles. The van der Waals surface area contributed by atoms with Crippen molar-refractivity contribution < 1.29 is 9.90 Å². The molecular weight excluding hydrogens is 278 g/mol. The van der Waals surface area contributed by atoms with Crippen molar-refractivity contribution in [2.75, 3.05) is 11.9 Å². The zero-order chi connectivity index (χ0) is 14.6. The predicted molar refractivity (Wildman–Crippen MR) is 75.6 cm³/mol. The normalized spacial score (nSPS) is 17.2. The maximum atomic E-state index is 11.6. The third kappa shape index (κ3) is 2.86. The number of nitrogens with one attached hydrogen (secondary N) is 1. The Hall–Kier alpha value is -1.80. The van der Waals surface area contributed by atoms with E-state index in [1.54, 1.807) is 0 Å². The first-order valence-electron chi connectivity index (χ1n) is 6.61. The SMILES string of the molecule is N#Cc1ccnc(NCC2(C(=O)O)CCCCC2)c1Cl. The zero-order valence-electron chi connectivity index (χ0n) is 11.0. The molecule has 0 aliphatic heterocycles. The second kappa shape index (κ2) is 6.10. The minimum Gasteiger partial charge on any atom is -0.481 e. The number of rotatable bonds is 4. The van der Waals surface area contributed by atoms with Crippen LogP contribution in [0.4, 0.5) is 5.82 Å². The van der Waals surface area contributed by atoms with E-state index in [1.165, 1.54) is 12.3 Å². The Morgan fingerprint density at radius 3 is 2.80 bits per heavy atom. The molecule has 6 heteroatoms. The van der Waals surface area contributed by atoms with Gasteiger partial charge in [0.2, 0.25) is 0 Å². The Balaban J connectivity index is 2.14. The van der Waals surface area contributed by atoms with Gasteiger partial charge in [-0.2, -0.15) is 5.26 Å². The van der Waals surface area contributed by atoms with Crippen LogP contribution in [0, 0.1) is 16.7 Å². The number of hydrogen-bond donors (Lipinski definition) is 2. The van der Waals surface area contributed by atoms with Crippen LogP contribution in [0.2, 0.25) is 5.02 Å². The maximum absolute atomic E-state index is 11.6. The van der Waals surface area contributed by atoms with Crippen LogP contribution in [-0.4, -0.2) is 22.6 Å². The molecule has 2 rings (SSSR count). The fourth-order valence-electron chi connectivity index (χ4n) is 2.60. The van der Waals surface area contributed by atoms with E-state index in [0.717, 1.165) is 19.3 Å². The number of pyridine rings is 1. The first kappa shape index (κ1) is 14.6. The highest BCUT2D eigenvalue weighted by Crippen LogP contribution is 2.37. The van der Waals surface area contributed by atoms with E-state index in [9.17, 15) is 9.90 Å². The van der Waals surface area contributed by atoms with E-state index in [2.05, 4.69) is 10.3 Å². The molecule has 0 saturated heterocycles. The van der Waals surface area contributed by atoms with Crippen LogP contribution in [0.1, 0.15) is 37.7 Å². The van der Waals surface area contributed by atoms with Gasteiger partial charge in [-0.1, -0.05) is 30.9 Å². The molecule has 0 radical (unpaired) electrons. The van der Waals surface area contributed by atoms with E-state index in [0.29, 0.717) is 24.2 Å². The van der Waals surface area contributed by atoms with Gasteiger partial charge in [-0.05, 0) is 18.9 Å². The molecule has 0 unspecified atom stereocenters. The summed E-state index contributed by atoms with van der Waals surface area (Å²) in [7, 11) is 0. The van der Waals surface area contributed by atoms with Crippen molar-refractivity contribution >= 4 is 23.4 Å². The summed E-state index contributed by atoms with van der Waals surface area (Å²) in [5.74, 6) is -0.408. The van der Waals surface area contributed by atoms with Gasteiger partial charge in [0.25, 0.3) is 0 Å². The van der Waals surface area contributed by atoms with Gasteiger partial charge in [0.1, 0.15) is 16.9 Å². The lowest BCUT2D eigenvalue weighted by molar-refractivity contribution is -0.150. The second-order valence-corrected chi connectivity index (χ2v) is 5.51. The lowest BCUT2D eigenvalue weighted by Crippen LogP contribution is -2.39. The third-order valence-electron chi connectivity index (χ3n) is 3.87. The number of aromatic nitrogens is 1. The summed E-state index contributed by atoms with van der Waals surface area (Å²) in [5, 5.41) is 21.7. The predicted octanol–water partition coefficient (Wildman–Crippen LogP) is 3.05. The number of carboxylic acids is 1. The number of carboxylic acid groups (broad SMARTS) is 1. The van der Waals surface area contributed by atoms with Gasteiger partial charge in [0.05, 0.1) is 11.0 Å². The van der Waals surface area contributed by atoms with Crippen molar-refractivity contribution in [3.8, 4) is 6.07 Å². The van der Waals surface area contributed by atoms with Crippen LogP contribution < -0.4 is 5.32 Å². The van der Waals surface area contributed by atoms with E-state index >= 15 is 0 Å². The maximum Gasteiger partial charge on any atom is 0.311 e. The number of halogens is 1. The van der Waals surface area contributed by atoms with Gasteiger partial charge >= 0.3 is 5.97 Å². The van der Waals surface area contributed by atoms with E-state index < -0.39 is 11.4 Å². The number of hydrogen-bond acceptors (Lipinski definition) is 4. The van der Waals surface area contributed by atoms with E-state index in [-0.39, 0.29) is 11.6 Å². The fourth-order valence-corrected chi connectivity index (χ4v) is 2.82. The molecule has 20 heavy (non-hydrogen) atoms. The average molecular weight is 294 g/mol. The summed E-state index contributed by atoms with van der Waals surface area (Å²) in [4.78, 5) is 15.6. The summed E-state index contributed by atoms with van der Waals surface area (Å²) in [6.45, 7) is 0.282. The van der Waals surface area contributed by atoms with Gasteiger partial charge < -0.3 is 10.4 Å². The molecule has 1 aromatic rings. The highest BCUT2D eigenvalue weighted by atomic mass is 35.5. The van der Waals surface area contributed by atoms with Crippen LogP contribution in [0.25, 0.3) is 0 Å². The molecule has 1 fully saturated rings. The first-order chi connectivity index (χ1) is 9.59. The van der Waals surface area contributed by atoms with Crippen LogP contribution in [0.15, 0.2) is 12.3 Å². The largest absolute Gasteiger partial charge is 0.481 e. The Kier molecular flexibility index (Phi) is 4.46. The molecular formula is C14H16ClN3O2. The molecule has 1 heterocycles. The van der Waals surface area contributed by atoms with Crippen LogP contribution >= 0.6 is 11.6 Å². The minimum atomic E-state index is -0.780. The lowest BCUT2D eigenvalue weighted by Gasteiger charge is -2.33. The highest BCUT2D eigenvalue weighted by Gasteiger charge is 2.39. The van der Waals surface area contributed by atoms with Gasteiger partial charge in [-0.25, -0.2) is 4.98 Å². The summed E-state index contributed by atoms with van der Waals surface area (Å²) < 4.78 is 0. The van der Waals surface area contributed by atoms with Gasteiger partial charge in [-0.15, -0.1) is 0 Å². The molecule has 5 nitrogen and oxygen atoms in total. The molecule has 106 valence electrons. The molecule has 0 atom stereocenters. The van der Waals surface area contributed by atoms with Crippen molar-refractivity contribution in [3.63, 3.8) is 0 Å². The molecule has 0 spiro atoms. The van der Waals surface area contributed by atoms with E-state index in [4.69, 9.17) is 16.9 Å². The topological polar surface area (TPSA) is 86.0 Å². The number of nitrogens with zero attached hydrogens (tertiary/aromatic N) is 2. The number of aliphatic carboxylic acids is 1. The van der Waals surface area contributed by atoms with Crippen molar-refractivity contribution in [1.29, 1.82) is 5.26 Å². The quantitative estimate of drug-likeness (QED) is 0.891. The summed E-state index contributed by atoms with van der Waals surface area (Å²) >= 11 is 6.06. The summed E-state index contributed by atoms with van der Waals surface area (Å²) in [5.41, 5.74) is -0.427. The summed E-state index contributed by atoms with van der Waals surface area (Å²) in [6, 6.07) is 3.51. The van der Waals surface area contributed by atoms with Crippen molar-refractivity contribution in [1.82, 2.24) is 4.98 Å². The van der Waals surface area contributed by atoms with Gasteiger partial charge in [0, 0.05) is 12.7 Å². The fraction of sp³-hybridized carbons (Fsp3) is 0.500. The van der Waals surface area contributed by atoms with Crippen molar-refractivity contribution in [2.24, 2.45) is 5.41 Å². The van der Waals surface area contributed by atoms with Crippen molar-refractivity contribution in [2.45, 2.75) is 32.1 Å². The number of anilines is 1. The third-order valence-corrected chi connectivity index (χ3v) is 4.25. The molecule has 2 N–H and O–H groups in total. The van der Waals surface area contributed by atoms with Gasteiger partial charge in [-0.3, -0.25) is 4.79 Å². The van der Waals surface area contributed by atoms with Crippen LogP contribution in [0.3, 0.4) is 0 Å². The zero-order valence-corrected chi connectivity index (χ0v) is 11.8. The first-order valence-corrected chi connectivity index (χ1v) is 6.99. The van der Waals surface area contributed by atoms with Gasteiger partial charge in [0.15, 0.2) is 0 Å². The second-order valence-electron chi connectivity index (χ2n) is 5.13. The van der Waals surface area contributed by atoms with Crippen LogP contribution in [0.5, 0.6) is 0 Å². The van der Waals surface area contributed by atoms with Crippen LogP contribution in [-0.2, 0) is 4.79 Å². The Bertz CT molecular complexity index is 548. The van der Waals surface area contributed by atoms with Crippen molar-refractivity contribution in [3.05, 3.63) is 22.8 Å². The number of nitriles is 1. The molecule has 1 aliphatic carbocycles. The highest BCUT2D eigenvalue weighted by molar-refractivity contribution is 6.34. The smallest absolute Gasteiger partial charge is 0.311 e. The molecule has 0 amide bonds. The monoisotopic (exact) mass is 293 g/mol. The molecule has 0 aromatic carbocycles. The Morgan fingerprint density at radius 2 is 2.20 bits per heavy atom. The Labute approximate surface area is 122 Å². The van der Waals surface area contributed by atoms with E-state index in [1.807, 2.05) is 6.07 Å². The lowest BCUT2D eigenvalue weighted by atomic mass is 9.74. The summed E-state index contributed by atoms with van der Waals surface area (Å²) in [6.07, 6.45) is 5.73. The number of carbonyl (C=O) groups is 1. The minimum absolute atomic E-state index is 0.242. The Morgan fingerprint density at radius 1 is 1.50 bits per heavy atom. The standard InChI is InChI=1S/C14H16ClN3O2/c15-11-10(8-16)4-7-17-12(11)18-9-14(13(19)20)5-2-1-3-6-14/h4,7H,1-3,5-6,9H2,(H,17,18)(H,19,20). The average Bonchev–Trinajstić information content (AvgIpc) is 2.47.